The molecule has 0 fully saturated rings. The molecule has 0 aliphatic rings. The van der Waals surface area contributed by atoms with Gasteiger partial charge in [0.25, 0.3) is 0 Å². The molecule has 684 valence electrons. The summed E-state index contributed by atoms with van der Waals surface area (Å²) < 4.78 is 121. The highest BCUT2D eigenvalue weighted by molar-refractivity contribution is 5.49. The highest BCUT2D eigenvalue weighted by Crippen LogP contribution is 2.46. The maximum atomic E-state index is 6.58. The van der Waals surface area contributed by atoms with Crippen LogP contribution in [0.25, 0.3) is 0 Å². The molecule has 0 amide bonds. The lowest BCUT2D eigenvalue weighted by molar-refractivity contribution is 0.164. The van der Waals surface area contributed by atoms with E-state index in [1.165, 1.54) is 27.8 Å². The Labute approximate surface area is 754 Å². The van der Waals surface area contributed by atoms with Crippen LogP contribution in [0.3, 0.4) is 0 Å². The number of methoxy groups -OCH3 is 10. The second-order valence-corrected chi connectivity index (χ2v) is 32.8. The zero-order chi connectivity index (χ0) is 90.2. The number of hydrogen-bond donors (Lipinski definition) is 0. The van der Waals surface area contributed by atoms with Crippen molar-refractivity contribution in [2.24, 2.45) is 0 Å². The first-order chi connectivity index (χ1) is 61.9. The summed E-state index contributed by atoms with van der Waals surface area (Å²) >= 11 is 0. The third kappa shape index (κ3) is 30.2. The number of aryl methyl sites for hydroxylation is 5. The van der Waals surface area contributed by atoms with Gasteiger partial charge in [-0.1, -0.05) is 163 Å². The molecule has 127 heavy (non-hydrogen) atoms. The molecule has 10 aromatic carbocycles. The zero-order valence-corrected chi connectivity index (χ0v) is 78.0. The SMILES string of the molecule is CCC(CC(CC(CC(CC(C)c1ccc(OCCOc2c(COC)cc(C)cc2COC)cc1)c1ccc(OCCOc2c(COC)cc(C)cc2COC)cc1)c1ccc(OCCOc2c(COC)cc(C)cc2COC)cc1)c1ccc(OCCOc2c(COC)cc(C)cc2COC)cc1)c1ccc(OCCOc2c(COC)cc(C)cc2COC)cc1. The number of hydrogen-bond acceptors (Lipinski definition) is 20. The van der Waals surface area contributed by atoms with Crippen LogP contribution < -0.4 is 47.4 Å². The van der Waals surface area contributed by atoms with Crippen molar-refractivity contribution in [1.82, 2.24) is 0 Å². The van der Waals surface area contributed by atoms with Crippen LogP contribution in [0.4, 0.5) is 0 Å². The van der Waals surface area contributed by atoms with Gasteiger partial charge >= 0.3 is 0 Å². The molecule has 20 nitrogen and oxygen atoms in total. The largest absolute Gasteiger partial charge is 0.490 e. The molecule has 5 atom stereocenters. The Balaban J connectivity index is 0.979. The zero-order valence-electron chi connectivity index (χ0n) is 78.0. The fourth-order valence-corrected chi connectivity index (χ4v) is 17.2. The molecule has 0 aliphatic heterocycles. The lowest BCUT2D eigenvalue weighted by Gasteiger charge is -2.31. The molecule has 20 heteroatoms. The third-order valence-electron chi connectivity index (χ3n) is 22.6. The van der Waals surface area contributed by atoms with E-state index >= 15 is 0 Å². The van der Waals surface area contributed by atoms with Gasteiger partial charge in [-0.2, -0.15) is 0 Å². The summed E-state index contributed by atoms with van der Waals surface area (Å²) in [6, 6.07) is 64.4. The van der Waals surface area contributed by atoms with Crippen LogP contribution in [-0.4, -0.2) is 137 Å². The summed E-state index contributed by atoms with van der Waals surface area (Å²) in [4.78, 5) is 0. The average Bonchev–Trinajstić information content (AvgIpc) is 0.830. The minimum Gasteiger partial charge on any atom is -0.490 e. The van der Waals surface area contributed by atoms with Gasteiger partial charge < -0.3 is 94.7 Å². The van der Waals surface area contributed by atoms with E-state index in [2.05, 4.69) is 230 Å². The predicted octanol–water partition coefficient (Wildman–Crippen LogP) is 22.2. The summed E-state index contributed by atoms with van der Waals surface area (Å²) in [5, 5.41) is 0. The quantitative estimate of drug-likeness (QED) is 0.0328. The first-order valence-electron chi connectivity index (χ1n) is 44.2. The van der Waals surface area contributed by atoms with Crippen molar-refractivity contribution in [3.05, 3.63) is 293 Å². The van der Waals surface area contributed by atoms with Crippen molar-refractivity contribution in [2.45, 2.75) is 176 Å². The molecule has 0 spiro atoms. The summed E-state index contributed by atoms with van der Waals surface area (Å²) in [7, 11) is 16.9. The van der Waals surface area contributed by atoms with Gasteiger partial charge in [0.1, 0.15) is 124 Å². The van der Waals surface area contributed by atoms with Gasteiger partial charge in [0, 0.05) is 127 Å². The number of rotatable bonds is 59. The Bertz CT molecular complexity index is 4760. The minimum absolute atomic E-state index is 0.0156. The Morgan fingerprint density at radius 3 is 0.535 bits per heavy atom. The second kappa shape index (κ2) is 52.9. The van der Waals surface area contributed by atoms with Crippen molar-refractivity contribution in [3.8, 4) is 57.5 Å². The van der Waals surface area contributed by atoms with Crippen LogP contribution in [0.15, 0.2) is 182 Å². The van der Waals surface area contributed by atoms with Gasteiger partial charge in [-0.3, -0.25) is 0 Å². The first kappa shape index (κ1) is 99.0. The molecule has 0 saturated carbocycles. The van der Waals surface area contributed by atoms with E-state index in [1.54, 1.807) is 71.1 Å². The molecule has 0 heterocycles. The predicted molar refractivity (Wildman–Crippen MR) is 498 cm³/mol. The van der Waals surface area contributed by atoms with E-state index < -0.39 is 0 Å². The molecule has 0 radical (unpaired) electrons. The highest BCUT2D eigenvalue weighted by Gasteiger charge is 2.30. The van der Waals surface area contributed by atoms with E-state index in [1.807, 2.05) is 0 Å². The first-order valence-corrected chi connectivity index (χ1v) is 44.2. The van der Waals surface area contributed by atoms with E-state index in [0.717, 1.165) is 173 Å². The van der Waals surface area contributed by atoms with E-state index in [0.29, 0.717) is 132 Å². The molecule has 0 N–H and O–H groups in total. The van der Waals surface area contributed by atoms with E-state index in [4.69, 9.17) is 94.7 Å². The lowest BCUT2D eigenvalue weighted by Crippen LogP contribution is -2.15. The topological polar surface area (TPSA) is 185 Å². The van der Waals surface area contributed by atoms with Gasteiger partial charge in [-0.15, -0.1) is 0 Å². The molecule has 0 aliphatic carbocycles. The van der Waals surface area contributed by atoms with Crippen molar-refractivity contribution >= 4 is 0 Å². The fraction of sp³-hybridized carbons (Fsp3) is 0.439. The molecule has 5 unspecified atom stereocenters. The van der Waals surface area contributed by atoms with Crippen LogP contribution in [0, 0.1) is 34.6 Å². The van der Waals surface area contributed by atoms with Crippen LogP contribution >= 0.6 is 0 Å². The van der Waals surface area contributed by atoms with Crippen molar-refractivity contribution in [1.29, 1.82) is 0 Å². The van der Waals surface area contributed by atoms with Crippen LogP contribution in [0.5, 0.6) is 57.5 Å². The smallest absolute Gasteiger partial charge is 0.130 e. The summed E-state index contributed by atoms with van der Waals surface area (Å²) in [5.74, 6) is 7.96. The molecule has 0 saturated heterocycles. The summed E-state index contributed by atoms with van der Waals surface area (Å²) in [6.45, 7) is 22.4. The summed E-state index contributed by atoms with van der Waals surface area (Å²) in [6.07, 6.45) is 4.18. The maximum absolute atomic E-state index is 6.58. The lowest BCUT2D eigenvalue weighted by atomic mass is 9.73. The van der Waals surface area contributed by atoms with Crippen LogP contribution in [0.1, 0.15) is 187 Å². The van der Waals surface area contributed by atoms with Crippen molar-refractivity contribution in [3.63, 3.8) is 0 Å². The molecule has 10 rings (SSSR count). The third-order valence-corrected chi connectivity index (χ3v) is 22.6. The van der Waals surface area contributed by atoms with Gasteiger partial charge in [0.15, 0.2) is 0 Å². The Kier molecular flexibility index (Phi) is 41.2. The molecule has 0 bridgehead atoms. The second-order valence-electron chi connectivity index (χ2n) is 32.8. The molecule has 10 aromatic rings. The standard InChI is InChI=1S/C107H136O20/c1-18-79(81-21-31-99(32-22-81)119-40-45-124-104-90(65-110-10)51-74(3)52-91(104)66-111-11)60-86(83-25-35-101(36-26-83)121-42-47-126-106-94(69-114-14)55-76(5)56-95(106)70-115-15)62-87(84-27-37-102(38-28-84)122-43-48-127-107-96(71-116-16)57-77(6)58-97(107)72-117-17)61-85(82-23-33-100(34-24-82)120-41-46-125-105-92(67-112-12)53-75(4)54-93(105)68-113-13)59-78(7)80-19-29-98(30-20-80)118-39-44-123-103-88(63-108-8)49-73(2)50-89(103)64-109-9/h19-38,49-58,78-79,85-87H,18,39-48,59-72H2,1-17H3. The highest BCUT2D eigenvalue weighted by atomic mass is 16.6. The van der Waals surface area contributed by atoms with E-state index in [9.17, 15) is 0 Å². The van der Waals surface area contributed by atoms with Gasteiger partial charge in [0.2, 0.25) is 0 Å². The van der Waals surface area contributed by atoms with Crippen molar-refractivity contribution in [2.75, 3.05) is 137 Å². The minimum atomic E-state index is 0.0156. The number of benzene rings is 10. The summed E-state index contributed by atoms with van der Waals surface area (Å²) in [5.41, 5.74) is 21.3. The molecular weight excluding hydrogens is 1610 g/mol. The van der Waals surface area contributed by atoms with Gasteiger partial charge in [0.05, 0.1) is 66.1 Å². The van der Waals surface area contributed by atoms with Gasteiger partial charge in [-0.25, -0.2) is 0 Å². The monoisotopic (exact) mass is 1740 g/mol. The van der Waals surface area contributed by atoms with Crippen LogP contribution in [0.2, 0.25) is 0 Å². The Morgan fingerprint density at radius 2 is 0.354 bits per heavy atom. The van der Waals surface area contributed by atoms with E-state index in [-0.39, 0.29) is 29.6 Å². The fourth-order valence-electron chi connectivity index (χ4n) is 17.2. The average molecular weight is 1740 g/mol. The van der Waals surface area contributed by atoms with Gasteiger partial charge in [-0.05, 0) is 185 Å². The number of ether oxygens (including phenoxy) is 20. The Hall–Kier alpha value is -10.2. The maximum Gasteiger partial charge on any atom is 0.130 e. The van der Waals surface area contributed by atoms with Crippen molar-refractivity contribution < 1.29 is 94.7 Å². The van der Waals surface area contributed by atoms with Crippen LogP contribution in [-0.2, 0) is 113 Å². The Morgan fingerprint density at radius 1 is 0.197 bits per heavy atom. The molecule has 0 aromatic heterocycles. The molecular formula is C107H136O20. The normalized spacial score (nSPS) is 12.6.